The van der Waals surface area contributed by atoms with Crippen molar-refractivity contribution in [3.63, 3.8) is 0 Å². The van der Waals surface area contributed by atoms with Crippen LogP contribution in [-0.2, 0) is 12.8 Å². The molecular weight excluding hydrogens is 506 g/mol. The topological polar surface area (TPSA) is 116 Å². The first-order chi connectivity index (χ1) is 19.5. The van der Waals surface area contributed by atoms with E-state index in [1.54, 1.807) is 17.0 Å². The van der Waals surface area contributed by atoms with Crippen molar-refractivity contribution < 1.29 is 9.26 Å². The first-order valence-corrected chi connectivity index (χ1v) is 13.4. The van der Waals surface area contributed by atoms with Gasteiger partial charge in [0.05, 0.1) is 19.0 Å². The molecule has 3 aromatic heterocycles. The van der Waals surface area contributed by atoms with Gasteiger partial charge in [0.15, 0.2) is 11.6 Å². The highest BCUT2D eigenvalue weighted by Gasteiger charge is 2.17. The lowest BCUT2D eigenvalue weighted by molar-refractivity contribution is 0.337. The van der Waals surface area contributed by atoms with E-state index in [1.165, 1.54) is 0 Å². The maximum atomic E-state index is 13.9. The van der Waals surface area contributed by atoms with Crippen molar-refractivity contribution in [1.29, 1.82) is 0 Å². The average molecular weight is 538 g/mol. The molecule has 3 heterocycles. The molecule has 0 saturated heterocycles. The summed E-state index contributed by atoms with van der Waals surface area (Å²) in [6.07, 6.45) is 6.52. The van der Waals surface area contributed by atoms with Crippen molar-refractivity contribution >= 4 is 0 Å². The van der Waals surface area contributed by atoms with E-state index < -0.39 is 5.76 Å². The van der Waals surface area contributed by atoms with Crippen LogP contribution in [0.25, 0.3) is 28.5 Å². The zero-order valence-electron chi connectivity index (χ0n) is 22.8. The highest BCUT2D eigenvalue weighted by molar-refractivity contribution is 5.80. The SMILES string of the molecule is CCCCc1cc(C)n(-c2ncc(OCC)cn2)c(=O)c1Cc1ccc(-c2ccccc2-c2noc(=O)[nH]2)cc1. The maximum Gasteiger partial charge on any atom is 0.439 e. The molecule has 0 saturated carbocycles. The molecule has 2 aromatic carbocycles. The first-order valence-electron chi connectivity index (χ1n) is 13.4. The number of rotatable bonds is 10. The van der Waals surface area contributed by atoms with E-state index in [9.17, 15) is 9.59 Å². The summed E-state index contributed by atoms with van der Waals surface area (Å²) in [7, 11) is 0. The summed E-state index contributed by atoms with van der Waals surface area (Å²) in [5.74, 6) is 0.667. The number of H-pyrrole nitrogens is 1. The van der Waals surface area contributed by atoms with Gasteiger partial charge in [-0.25, -0.2) is 19.3 Å². The molecule has 9 heteroatoms. The minimum atomic E-state index is -0.599. The lowest BCUT2D eigenvalue weighted by Gasteiger charge is -2.16. The number of aromatic amines is 1. The van der Waals surface area contributed by atoms with E-state index in [0.29, 0.717) is 30.5 Å². The predicted molar refractivity (Wildman–Crippen MR) is 153 cm³/mol. The minimum Gasteiger partial charge on any atom is -0.491 e. The molecule has 0 aliphatic heterocycles. The molecule has 204 valence electrons. The Kier molecular flexibility index (Phi) is 8.00. The van der Waals surface area contributed by atoms with Crippen molar-refractivity contribution in [2.45, 2.75) is 46.5 Å². The standard InChI is InChI=1S/C31H31N5O4/c1-4-6-9-23-16-20(3)36(30-32-18-24(19-33-30)39-5-2)29(37)27(23)17-21-12-14-22(15-13-21)25-10-7-8-11-26(25)28-34-31(38)40-35-28/h7-8,10-16,18-19H,4-6,9,17H2,1-3H3,(H,34,35,38). The Morgan fingerprint density at radius 1 is 0.975 bits per heavy atom. The third kappa shape index (κ3) is 5.63. The van der Waals surface area contributed by atoms with E-state index in [1.807, 2.05) is 62.4 Å². The quantitative estimate of drug-likeness (QED) is 0.258. The molecule has 0 bridgehead atoms. The van der Waals surface area contributed by atoms with Gasteiger partial charge in [-0.05, 0) is 55.0 Å². The molecule has 9 nitrogen and oxygen atoms in total. The van der Waals surface area contributed by atoms with Crippen LogP contribution < -0.4 is 16.1 Å². The van der Waals surface area contributed by atoms with Gasteiger partial charge in [-0.3, -0.25) is 14.3 Å². The van der Waals surface area contributed by atoms with Gasteiger partial charge in [0.25, 0.3) is 5.56 Å². The van der Waals surface area contributed by atoms with E-state index >= 15 is 0 Å². The molecule has 0 radical (unpaired) electrons. The van der Waals surface area contributed by atoms with Gasteiger partial charge in [0, 0.05) is 23.2 Å². The smallest absolute Gasteiger partial charge is 0.439 e. The molecule has 0 atom stereocenters. The Morgan fingerprint density at radius 2 is 1.70 bits per heavy atom. The number of benzene rings is 2. The normalized spacial score (nSPS) is 11.1. The highest BCUT2D eigenvalue weighted by Crippen LogP contribution is 2.30. The highest BCUT2D eigenvalue weighted by atomic mass is 16.5. The second-order valence-electron chi connectivity index (χ2n) is 9.55. The maximum absolute atomic E-state index is 13.9. The molecule has 5 aromatic rings. The lowest BCUT2D eigenvalue weighted by atomic mass is 9.94. The van der Waals surface area contributed by atoms with Gasteiger partial charge < -0.3 is 4.74 Å². The fourth-order valence-electron chi connectivity index (χ4n) is 4.82. The number of nitrogens with one attached hydrogen (secondary N) is 1. The number of hydrogen-bond acceptors (Lipinski definition) is 7. The summed E-state index contributed by atoms with van der Waals surface area (Å²) in [6.45, 7) is 6.47. The van der Waals surface area contributed by atoms with Crippen molar-refractivity contribution in [1.82, 2.24) is 24.7 Å². The van der Waals surface area contributed by atoms with Crippen LogP contribution in [0, 0.1) is 6.92 Å². The molecule has 0 aliphatic carbocycles. The number of aromatic nitrogens is 5. The van der Waals surface area contributed by atoms with Crippen molar-refractivity contribution in [3.05, 3.63) is 110 Å². The van der Waals surface area contributed by atoms with Crippen molar-refractivity contribution in [3.8, 4) is 34.2 Å². The number of unbranched alkanes of at least 4 members (excludes halogenated alkanes) is 1. The monoisotopic (exact) mass is 537 g/mol. The third-order valence-electron chi connectivity index (χ3n) is 6.78. The van der Waals surface area contributed by atoms with E-state index in [-0.39, 0.29) is 5.56 Å². The second kappa shape index (κ2) is 11.9. The summed E-state index contributed by atoms with van der Waals surface area (Å²) >= 11 is 0. The first kappa shape index (κ1) is 26.8. The molecular formula is C31H31N5O4. The van der Waals surface area contributed by atoms with Crippen LogP contribution in [0.15, 0.2) is 81.1 Å². The van der Waals surface area contributed by atoms with Gasteiger partial charge in [-0.2, -0.15) is 0 Å². The second-order valence-corrected chi connectivity index (χ2v) is 9.55. The van der Waals surface area contributed by atoms with Crippen LogP contribution in [0.1, 0.15) is 49.1 Å². The average Bonchev–Trinajstić information content (AvgIpc) is 3.41. The van der Waals surface area contributed by atoms with Crippen LogP contribution >= 0.6 is 0 Å². The number of ether oxygens (including phenoxy) is 1. The molecule has 1 N–H and O–H groups in total. The Balaban J connectivity index is 1.50. The third-order valence-corrected chi connectivity index (χ3v) is 6.78. The van der Waals surface area contributed by atoms with Crippen LogP contribution in [0.3, 0.4) is 0 Å². The summed E-state index contributed by atoms with van der Waals surface area (Å²) in [4.78, 5) is 36.8. The Morgan fingerprint density at radius 3 is 2.35 bits per heavy atom. The Labute approximate surface area is 231 Å². The van der Waals surface area contributed by atoms with Gasteiger partial charge in [0.1, 0.15) is 0 Å². The van der Waals surface area contributed by atoms with Gasteiger partial charge >= 0.3 is 5.76 Å². The van der Waals surface area contributed by atoms with Crippen LogP contribution in [0.2, 0.25) is 0 Å². The summed E-state index contributed by atoms with van der Waals surface area (Å²) in [5, 5.41) is 3.85. The fourth-order valence-corrected chi connectivity index (χ4v) is 4.82. The summed E-state index contributed by atoms with van der Waals surface area (Å²) < 4.78 is 11.7. The Hall–Kier alpha value is -4.79. The molecule has 40 heavy (non-hydrogen) atoms. The van der Waals surface area contributed by atoms with E-state index in [4.69, 9.17) is 9.26 Å². The molecule has 0 spiro atoms. The molecule has 0 amide bonds. The zero-order valence-corrected chi connectivity index (χ0v) is 22.8. The molecule has 0 unspecified atom stereocenters. The molecule has 5 rings (SSSR count). The summed E-state index contributed by atoms with van der Waals surface area (Å²) in [6, 6.07) is 17.8. The number of aryl methyl sites for hydroxylation is 2. The summed E-state index contributed by atoms with van der Waals surface area (Å²) in [5.41, 5.74) is 6.11. The zero-order chi connectivity index (χ0) is 28.1. The van der Waals surface area contributed by atoms with Gasteiger partial charge in [-0.15, -0.1) is 0 Å². The largest absolute Gasteiger partial charge is 0.491 e. The predicted octanol–water partition coefficient (Wildman–Crippen LogP) is 5.28. The lowest BCUT2D eigenvalue weighted by Crippen LogP contribution is -2.28. The van der Waals surface area contributed by atoms with Crippen LogP contribution in [-0.4, -0.2) is 31.3 Å². The van der Waals surface area contributed by atoms with E-state index in [2.05, 4.69) is 33.1 Å². The number of hydrogen-bond donors (Lipinski definition) is 1. The van der Waals surface area contributed by atoms with Crippen LogP contribution in [0.5, 0.6) is 5.75 Å². The molecule has 0 aliphatic rings. The van der Waals surface area contributed by atoms with Crippen LogP contribution in [0.4, 0.5) is 0 Å². The van der Waals surface area contributed by atoms with Gasteiger partial charge in [0.2, 0.25) is 5.95 Å². The van der Waals surface area contributed by atoms with Crippen molar-refractivity contribution in [2.75, 3.05) is 6.61 Å². The fraction of sp³-hybridized carbons (Fsp3) is 0.258. The Bertz CT molecular complexity index is 1720. The minimum absolute atomic E-state index is 0.111. The van der Waals surface area contributed by atoms with Crippen molar-refractivity contribution in [2.24, 2.45) is 0 Å². The van der Waals surface area contributed by atoms with Gasteiger partial charge in [-0.1, -0.05) is 67.0 Å². The van der Waals surface area contributed by atoms with E-state index in [0.717, 1.165) is 58.3 Å². The number of nitrogens with zero attached hydrogens (tertiary/aromatic N) is 4. The molecule has 0 fully saturated rings. The number of pyridine rings is 1.